The van der Waals surface area contributed by atoms with E-state index >= 15 is 0 Å². The lowest BCUT2D eigenvalue weighted by molar-refractivity contribution is 0.900. The van der Waals surface area contributed by atoms with Crippen LogP contribution in [-0.4, -0.2) is 5.25 Å². The van der Waals surface area contributed by atoms with Gasteiger partial charge in [0.25, 0.3) is 0 Å². The SMILES string of the molecule is CC1=C(c2ccccc2C)C2c3ccccc3C=CC2S1. The third-order valence-electron chi connectivity index (χ3n) is 4.56. The number of benzene rings is 2. The first kappa shape index (κ1) is 13.0. The maximum atomic E-state index is 2.38. The Morgan fingerprint density at radius 3 is 2.52 bits per heavy atom. The van der Waals surface area contributed by atoms with Gasteiger partial charge in [-0.15, -0.1) is 11.8 Å². The van der Waals surface area contributed by atoms with Gasteiger partial charge in [0.05, 0.1) is 0 Å². The van der Waals surface area contributed by atoms with Gasteiger partial charge in [-0.05, 0) is 46.6 Å². The monoisotopic (exact) mass is 290 g/mol. The van der Waals surface area contributed by atoms with Gasteiger partial charge in [-0.2, -0.15) is 0 Å². The van der Waals surface area contributed by atoms with Crippen LogP contribution in [0.1, 0.15) is 35.1 Å². The number of allylic oxidation sites excluding steroid dienone is 2. The summed E-state index contributed by atoms with van der Waals surface area (Å²) in [5.74, 6) is 0.497. The molecule has 2 atom stereocenters. The predicted octanol–water partition coefficient (Wildman–Crippen LogP) is 5.65. The van der Waals surface area contributed by atoms with Crippen molar-refractivity contribution in [2.75, 3.05) is 0 Å². The van der Waals surface area contributed by atoms with Crippen molar-refractivity contribution in [2.24, 2.45) is 0 Å². The molecule has 0 saturated heterocycles. The van der Waals surface area contributed by atoms with Crippen LogP contribution in [0, 0.1) is 6.92 Å². The van der Waals surface area contributed by atoms with Crippen LogP contribution in [0.25, 0.3) is 11.6 Å². The molecule has 0 nitrogen and oxygen atoms in total. The molecule has 0 saturated carbocycles. The second-order valence-corrected chi connectivity index (χ2v) is 7.23. The minimum absolute atomic E-state index is 0.497. The Hall–Kier alpha value is -1.73. The van der Waals surface area contributed by atoms with Crippen LogP contribution in [0.5, 0.6) is 0 Å². The molecular weight excluding hydrogens is 272 g/mol. The van der Waals surface area contributed by atoms with E-state index in [-0.39, 0.29) is 0 Å². The van der Waals surface area contributed by atoms with Crippen molar-refractivity contribution in [3.8, 4) is 0 Å². The highest BCUT2D eigenvalue weighted by Crippen LogP contribution is 2.55. The van der Waals surface area contributed by atoms with Crippen LogP contribution < -0.4 is 0 Å². The Bertz CT molecular complexity index is 767. The highest BCUT2D eigenvalue weighted by atomic mass is 32.2. The highest BCUT2D eigenvalue weighted by Gasteiger charge is 2.37. The van der Waals surface area contributed by atoms with E-state index in [1.165, 1.54) is 32.7 Å². The molecule has 1 aliphatic heterocycles. The van der Waals surface area contributed by atoms with E-state index in [4.69, 9.17) is 0 Å². The van der Waals surface area contributed by atoms with E-state index in [0.717, 1.165) is 0 Å². The summed E-state index contributed by atoms with van der Waals surface area (Å²) >= 11 is 2.02. The second kappa shape index (κ2) is 4.92. The first-order valence-electron chi connectivity index (χ1n) is 7.46. The summed E-state index contributed by atoms with van der Waals surface area (Å²) in [7, 11) is 0. The molecular formula is C20H18S. The molecule has 0 radical (unpaired) electrons. The molecule has 104 valence electrons. The van der Waals surface area contributed by atoms with Gasteiger partial charge in [0.2, 0.25) is 0 Å². The molecule has 2 aliphatic rings. The minimum atomic E-state index is 0.497. The van der Waals surface area contributed by atoms with E-state index in [0.29, 0.717) is 11.2 Å². The topological polar surface area (TPSA) is 0 Å². The Kier molecular flexibility index (Phi) is 3.04. The minimum Gasteiger partial charge on any atom is -0.122 e. The van der Waals surface area contributed by atoms with Crippen molar-refractivity contribution in [3.05, 3.63) is 81.8 Å². The van der Waals surface area contributed by atoms with Crippen LogP contribution in [0.3, 0.4) is 0 Å². The zero-order chi connectivity index (χ0) is 14.4. The molecule has 2 unspecified atom stereocenters. The fraction of sp³-hybridized carbons (Fsp3) is 0.200. The second-order valence-electron chi connectivity index (χ2n) is 5.83. The summed E-state index contributed by atoms with van der Waals surface area (Å²) in [4.78, 5) is 1.47. The third-order valence-corrected chi connectivity index (χ3v) is 5.84. The summed E-state index contributed by atoms with van der Waals surface area (Å²) in [6, 6.07) is 17.6. The molecule has 2 aromatic rings. The van der Waals surface area contributed by atoms with Crippen LogP contribution in [0.15, 0.2) is 59.5 Å². The highest BCUT2D eigenvalue weighted by molar-refractivity contribution is 8.04. The molecule has 1 aliphatic carbocycles. The van der Waals surface area contributed by atoms with Crippen molar-refractivity contribution >= 4 is 23.4 Å². The van der Waals surface area contributed by atoms with Gasteiger partial charge < -0.3 is 0 Å². The van der Waals surface area contributed by atoms with E-state index in [1.54, 1.807) is 0 Å². The average molecular weight is 290 g/mol. The lowest BCUT2D eigenvalue weighted by Crippen LogP contribution is -2.15. The molecule has 21 heavy (non-hydrogen) atoms. The standard InChI is InChI=1S/C20H18S/c1-13-7-3-5-9-16(13)19-14(2)21-18-12-11-15-8-4-6-10-17(15)20(18)19/h3-12,18,20H,1-2H3. The molecule has 1 heteroatoms. The van der Waals surface area contributed by atoms with Crippen LogP contribution in [0.2, 0.25) is 0 Å². The molecule has 2 aromatic carbocycles. The number of hydrogen-bond acceptors (Lipinski definition) is 1. The summed E-state index contributed by atoms with van der Waals surface area (Å²) in [6.45, 7) is 4.50. The van der Waals surface area contributed by atoms with Crippen LogP contribution in [-0.2, 0) is 0 Å². The van der Waals surface area contributed by atoms with E-state index in [2.05, 4.69) is 74.5 Å². The molecule has 0 aromatic heterocycles. The van der Waals surface area contributed by atoms with Gasteiger partial charge in [0.15, 0.2) is 0 Å². The molecule has 0 spiro atoms. The number of rotatable bonds is 1. The van der Waals surface area contributed by atoms with Gasteiger partial charge in [-0.3, -0.25) is 0 Å². The molecule has 4 rings (SSSR count). The van der Waals surface area contributed by atoms with E-state index in [1.807, 2.05) is 11.8 Å². The number of fused-ring (bicyclic) bond motifs is 3. The maximum absolute atomic E-state index is 2.38. The van der Waals surface area contributed by atoms with Crippen LogP contribution >= 0.6 is 11.8 Å². The Labute approximate surface area is 130 Å². The number of thioether (sulfide) groups is 1. The fourth-order valence-electron chi connectivity index (χ4n) is 3.58. The zero-order valence-electron chi connectivity index (χ0n) is 12.3. The summed E-state index contributed by atoms with van der Waals surface area (Å²) in [5, 5.41) is 0.550. The Morgan fingerprint density at radius 2 is 1.67 bits per heavy atom. The first-order valence-corrected chi connectivity index (χ1v) is 8.34. The average Bonchev–Trinajstić information content (AvgIpc) is 2.84. The van der Waals surface area contributed by atoms with Crippen molar-refractivity contribution in [2.45, 2.75) is 25.0 Å². The lowest BCUT2D eigenvalue weighted by Gasteiger charge is -2.26. The van der Waals surface area contributed by atoms with Gasteiger partial charge in [0, 0.05) is 11.2 Å². The summed E-state index contributed by atoms with van der Waals surface area (Å²) in [5.41, 5.74) is 7.17. The van der Waals surface area contributed by atoms with Crippen LogP contribution in [0.4, 0.5) is 0 Å². The van der Waals surface area contributed by atoms with E-state index in [9.17, 15) is 0 Å². The Balaban J connectivity index is 1.91. The summed E-state index contributed by atoms with van der Waals surface area (Å²) in [6.07, 6.45) is 4.67. The predicted molar refractivity (Wildman–Crippen MR) is 93.4 cm³/mol. The number of hydrogen-bond donors (Lipinski definition) is 0. The van der Waals surface area contributed by atoms with Gasteiger partial charge in [0.1, 0.15) is 0 Å². The zero-order valence-corrected chi connectivity index (χ0v) is 13.2. The van der Waals surface area contributed by atoms with Gasteiger partial charge in [-0.1, -0.05) is 60.7 Å². The summed E-state index contributed by atoms with van der Waals surface area (Å²) < 4.78 is 0. The molecule has 0 amide bonds. The lowest BCUT2D eigenvalue weighted by atomic mass is 9.78. The molecule has 0 fully saturated rings. The van der Waals surface area contributed by atoms with Crippen molar-refractivity contribution in [1.29, 1.82) is 0 Å². The van der Waals surface area contributed by atoms with E-state index < -0.39 is 0 Å². The van der Waals surface area contributed by atoms with Crippen molar-refractivity contribution in [3.63, 3.8) is 0 Å². The third kappa shape index (κ3) is 1.99. The fourth-order valence-corrected chi connectivity index (χ4v) is 4.93. The van der Waals surface area contributed by atoms with Gasteiger partial charge in [-0.25, -0.2) is 0 Å². The molecule has 0 bridgehead atoms. The quantitative estimate of drug-likeness (QED) is 0.653. The Morgan fingerprint density at radius 1 is 0.905 bits per heavy atom. The smallest absolute Gasteiger partial charge is 0.0384 e. The number of aryl methyl sites for hydroxylation is 1. The molecule has 0 N–H and O–H groups in total. The largest absolute Gasteiger partial charge is 0.122 e. The van der Waals surface area contributed by atoms with Gasteiger partial charge >= 0.3 is 0 Å². The molecule has 1 heterocycles. The maximum Gasteiger partial charge on any atom is 0.0384 e. The normalized spacial score (nSPS) is 23.1. The first-order chi connectivity index (χ1) is 10.3. The van der Waals surface area contributed by atoms with Crippen molar-refractivity contribution < 1.29 is 0 Å². The van der Waals surface area contributed by atoms with Crippen molar-refractivity contribution in [1.82, 2.24) is 0 Å².